The van der Waals surface area contributed by atoms with Crippen LogP contribution in [0.1, 0.15) is 50.5 Å². The molecule has 38 heavy (non-hydrogen) atoms. The van der Waals surface area contributed by atoms with Crippen LogP contribution in [0.3, 0.4) is 0 Å². The summed E-state index contributed by atoms with van der Waals surface area (Å²) in [7, 11) is 0. The first-order chi connectivity index (χ1) is 18.3. The van der Waals surface area contributed by atoms with Gasteiger partial charge >= 0.3 is 0 Å². The quantitative estimate of drug-likeness (QED) is 0.118. The van der Waals surface area contributed by atoms with Gasteiger partial charge in [-0.1, -0.05) is 37.8 Å². The summed E-state index contributed by atoms with van der Waals surface area (Å²) in [6, 6.07) is 5.79. The van der Waals surface area contributed by atoms with E-state index >= 15 is 0 Å². The monoisotopic (exact) mass is 557 g/mol. The molecule has 9 N–H and O–H groups in total. The highest BCUT2D eigenvalue weighted by atomic mass is 32.2. The molecule has 0 spiro atoms. The number of unbranched alkanes of at least 4 members (excludes halogenated alkanes) is 5. The molecule has 1 heterocycles. The predicted molar refractivity (Wildman–Crippen MR) is 144 cm³/mol. The summed E-state index contributed by atoms with van der Waals surface area (Å²) in [6.45, 7) is 0.195. The molecule has 12 heteroatoms. The standard InChI is InChI=1S/C26H43N3O8S/c27-12-13-28-25(36)19(15-17-8-10-18(31)11-9-17)29-21(32)7-5-3-1-2-4-6-14-38-26-24(35)23(34)22(33)20(16-30)37-26/h8-11,19-20,22-24,26,30-31,33-35H,1-7,12-16,27H2,(H,28,36)(H,29,32)/t19-,20+,22+,23-,24+,26-/m0/s1. The molecule has 0 aromatic heterocycles. The summed E-state index contributed by atoms with van der Waals surface area (Å²) >= 11 is 1.36. The maximum absolute atomic E-state index is 12.5. The summed E-state index contributed by atoms with van der Waals surface area (Å²) in [5.74, 6) is 0.361. The molecular weight excluding hydrogens is 514 g/mol. The van der Waals surface area contributed by atoms with Crippen molar-refractivity contribution in [2.45, 2.75) is 87.3 Å². The van der Waals surface area contributed by atoms with Crippen molar-refractivity contribution >= 4 is 23.6 Å². The minimum Gasteiger partial charge on any atom is -0.508 e. The minimum absolute atomic E-state index is 0.134. The molecule has 0 saturated carbocycles. The Morgan fingerprint density at radius 3 is 2.29 bits per heavy atom. The van der Waals surface area contributed by atoms with Gasteiger partial charge in [0.25, 0.3) is 0 Å². The molecule has 0 bridgehead atoms. The largest absolute Gasteiger partial charge is 0.508 e. The molecular formula is C26H43N3O8S. The predicted octanol–water partition coefficient (Wildman–Crippen LogP) is -0.242. The normalized spacial score (nSPS) is 24.1. The van der Waals surface area contributed by atoms with Crippen LogP contribution in [0.2, 0.25) is 0 Å². The van der Waals surface area contributed by atoms with Crippen molar-refractivity contribution in [2.24, 2.45) is 5.73 Å². The molecule has 1 saturated heterocycles. The van der Waals surface area contributed by atoms with Crippen LogP contribution >= 0.6 is 11.8 Å². The third-order valence-electron chi connectivity index (χ3n) is 6.40. The van der Waals surface area contributed by atoms with Crippen LogP contribution in [0.25, 0.3) is 0 Å². The van der Waals surface area contributed by atoms with E-state index in [9.17, 15) is 35.1 Å². The van der Waals surface area contributed by atoms with Crippen molar-refractivity contribution in [2.75, 3.05) is 25.4 Å². The van der Waals surface area contributed by atoms with E-state index in [-0.39, 0.29) is 17.6 Å². The highest BCUT2D eigenvalue weighted by Gasteiger charge is 2.43. The number of phenols is 1. The molecule has 0 radical (unpaired) electrons. The zero-order chi connectivity index (χ0) is 27.9. The Morgan fingerprint density at radius 2 is 1.63 bits per heavy atom. The lowest BCUT2D eigenvalue weighted by Crippen LogP contribution is -2.57. The number of aliphatic hydroxyl groups excluding tert-OH is 4. The third kappa shape index (κ3) is 11.0. The molecule has 1 aliphatic rings. The number of phenolic OH excluding ortho intramolecular Hbond substituents is 1. The molecule has 1 fully saturated rings. The summed E-state index contributed by atoms with van der Waals surface area (Å²) in [6.07, 6.45) is 1.25. The number of aromatic hydroxyl groups is 1. The topological polar surface area (TPSA) is 195 Å². The molecule has 6 atom stereocenters. The highest BCUT2D eigenvalue weighted by Crippen LogP contribution is 2.29. The van der Waals surface area contributed by atoms with Gasteiger partial charge in [0.1, 0.15) is 41.6 Å². The van der Waals surface area contributed by atoms with Crippen molar-refractivity contribution in [1.29, 1.82) is 0 Å². The zero-order valence-electron chi connectivity index (χ0n) is 21.7. The molecule has 1 aliphatic heterocycles. The Morgan fingerprint density at radius 1 is 0.974 bits per heavy atom. The van der Waals surface area contributed by atoms with Gasteiger partial charge in [0, 0.05) is 25.9 Å². The maximum atomic E-state index is 12.5. The van der Waals surface area contributed by atoms with Gasteiger partial charge in [-0.15, -0.1) is 11.8 Å². The SMILES string of the molecule is NCCNC(=O)[C@H](Cc1ccc(O)cc1)NC(=O)CCCCCCCCS[C@@H]1O[C@H](CO)[C@@H](O)[C@H](O)[C@H]1O. The van der Waals surface area contributed by atoms with Crippen LogP contribution in [-0.4, -0.2) is 98.7 Å². The van der Waals surface area contributed by atoms with Crippen LogP contribution in [0.5, 0.6) is 5.75 Å². The molecule has 2 rings (SSSR count). The van der Waals surface area contributed by atoms with Gasteiger partial charge in [-0.2, -0.15) is 0 Å². The zero-order valence-corrected chi connectivity index (χ0v) is 22.5. The number of thioether (sulfide) groups is 1. The van der Waals surface area contributed by atoms with E-state index in [0.29, 0.717) is 38.1 Å². The van der Waals surface area contributed by atoms with E-state index in [4.69, 9.17) is 10.5 Å². The lowest BCUT2D eigenvalue weighted by atomic mass is 10.0. The van der Waals surface area contributed by atoms with Crippen LogP contribution < -0.4 is 16.4 Å². The molecule has 11 nitrogen and oxygen atoms in total. The number of nitrogens with one attached hydrogen (secondary N) is 2. The number of carbonyl (C=O) groups is 2. The van der Waals surface area contributed by atoms with Crippen LogP contribution in [0.4, 0.5) is 0 Å². The number of amides is 2. The molecule has 0 aliphatic carbocycles. The van der Waals surface area contributed by atoms with Crippen LogP contribution in [-0.2, 0) is 20.7 Å². The fourth-order valence-corrected chi connectivity index (χ4v) is 5.34. The molecule has 1 aromatic rings. The summed E-state index contributed by atoms with van der Waals surface area (Å²) in [5, 5.41) is 54.0. The molecule has 2 amide bonds. The number of ether oxygens (including phenoxy) is 1. The average Bonchev–Trinajstić information content (AvgIpc) is 2.91. The van der Waals surface area contributed by atoms with Crippen LogP contribution in [0.15, 0.2) is 24.3 Å². The molecule has 1 aromatic carbocycles. The molecule has 0 unspecified atom stereocenters. The van der Waals surface area contributed by atoms with Crippen molar-refractivity contribution in [3.63, 3.8) is 0 Å². The number of hydrogen-bond donors (Lipinski definition) is 8. The first-order valence-corrected chi connectivity index (χ1v) is 14.3. The Kier molecular flexibility index (Phi) is 15.0. The number of nitrogens with two attached hydrogens (primary N) is 1. The summed E-state index contributed by atoms with van der Waals surface area (Å²) in [5.41, 5.74) is 5.59. The molecule has 216 valence electrons. The lowest BCUT2D eigenvalue weighted by molar-refractivity contribution is -0.205. The fraction of sp³-hybridized carbons (Fsp3) is 0.692. The highest BCUT2D eigenvalue weighted by molar-refractivity contribution is 7.99. The van der Waals surface area contributed by atoms with E-state index in [1.807, 2.05) is 0 Å². The van der Waals surface area contributed by atoms with Crippen molar-refractivity contribution < 1.29 is 39.9 Å². The number of benzene rings is 1. The van der Waals surface area contributed by atoms with E-state index in [2.05, 4.69) is 10.6 Å². The van der Waals surface area contributed by atoms with Crippen molar-refractivity contribution in [1.82, 2.24) is 10.6 Å². The van der Waals surface area contributed by atoms with E-state index in [0.717, 1.165) is 37.7 Å². The van der Waals surface area contributed by atoms with E-state index < -0.39 is 42.5 Å². The van der Waals surface area contributed by atoms with E-state index in [1.54, 1.807) is 24.3 Å². The number of carbonyl (C=O) groups excluding carboxylic acids is 2. The summed E-state index contributed by atoms with van der Waals surface area (Å²) in [4.78, 5) is 25.0. The number of hydrogen-bond acceptors (Lipinski definition) is 10. The second-order valence-corrected chi connectivity index (χ2v) is 10.7. The third-order valence-corrected chi connectivity index (χ3v) is 7.64. The maximum Gasteiger partial charge on any atom is 0.242 e. The Labute approximate surface area is 228 Å². The van der Waals surface area contributed by atoms with Gasteiger partial charge in [-0.25, -0.2) is 0 Å². The number of aliphatic hydroxyl groups is 4. The van der Waals surface area contributed by atoms with Gasteiger partial charge in [-0.05, 0) is 36.3 Å². The van der Waals surface area contributed by atoms with Gasteiger partial charge in [0.05, 0.1) is 6.61 Å². The second kappa shape index (κ2) is 17.6. The minimum atomic E-state index is -1.35. The average molecular weight is 558 g/mol. The first kappa shape index (κ1) is 32.3. The Bertz CT molecular complexity index is 829. The Balaban J connectivity index is 1.61. The number of rotatable bonds is 17. The smallest absolute Gasteiger partial charge is 0.242 e. The van der Waals surface area contributed by atoms with Gasteiger partial charge in [0.15, 0.2) is 0 Å². The Hall–Kier alpha value is -1.93. The lowest BCUT2D eigenvalue weighted by Gasteiger charge is -2.39. The van der Waals surface area contributed by atoms with Crippen molar-refractivity contribution in [3.8, 4) is 5.75 Å². The first-order valence-electron chi connectivity index (χ1n) is 13.2. The van der Waals surface area contributed by atoms with Gasteiger partial charge in [0.2, 0.25) is 11.8 Å². The van der Waals surface area contributed by atoms with Crippen molar-refractivity contribution in [3.05, 3.63) is 29.8 Å². The van der Waals surface area contributed by atoms with Gasteiger partial charge < -0.3 is 46.6 Å². The fourth-order valence-electron chi connectivity index (χ4n) is 4.16. The summed E-state index contributed by atoms with van der Waals surface area (Å²) < 4.78 is 5.49. The second-order valence-electron chi connectivity index (χ2n) is 9.51. The van der Waals surface area contributed by atoms with Crippen LogP contribution in [0, 0.1) is 0 Å². The van der Waals surface area contributed by atoms with E-state index in [1.165, 1.54) is 11.8 Å². The van der Waals surface area contributed by atoms with Gasteiger partial charge in [-0.3, -0.25) is 9.59 Å².